The number of nitrogens with zero attached hydrogens (tertiary/aromatic N) is 1. The summed E-state index contributed by atoms with van der Waals surface area (Å²) in [6.07, 6.45) is 1.60. The number of fused-ring (bicyclic) bond motifs is 2. The molecule has 7 rings (SSSR count). The zero-order valence-electron chi connectivity index (χ0n) is 34.7. The lowest BCUT2D eigenvalue weighted by molar-refractivity contribution is -0.116. The summed E-state index contributed by atoms with van der Waals surface area (Å²) in [4.78, 5) is 71.4. The zero-order chi connectivity index (χ0) is 43.8. The van der Waals surface area contributed by atoms with E-state index in [4.69, 9.17) is 9.47 Å². The molecule has 1 aliphatic rings. The van der Waals surface area contributed by atoms with Crippen LogP contribution in [-0.4, -0.2) is 53.4 Å². The monoisotopic (exact) mass is 866 g/mol. The highest BCUT2D eigenvalue weighted by Crippen LogP contribution is 2.41. The molecule has 11 nitrogen and oxygen atoms in total. The van der Waals surface area contributed by atoms with Gasteiger partial charge in [0.05, 0.1) is 18.7 Å². The molecule has 0 saturated heterocycles. The lowest BCUT2D eigenvalue weighted by Gasteiger charge is -2.30. The fraction of sp³-hybridized carbons (Fsp3) is 0.204. The van der Waals surface area contributed by atoms with Gasteiger partial charge in [0.1, 0.15) is 21.5 Å². The van der Waals surface area contributed by atoms with Gasteiger partial charge in [-0.3, -0.25) is 14.4 Å². The molecule has 62 heavy (non-hydrogen) atoms. The van der Waals surface area contributed by atoms with Crippen molar-refractivity contribution in [3.05, 3.63) is 166 Å². The van der Waals surface area contributed by atoms with E-state index in [2.05, 4.69) is 16.0 Å². The predicted molar refractivity (Wildman–Crippen MR) is 245 cm³/mol. The molecule has 0 saturated carbocycles. The van der Waals surface area contributed by atoms with E-state index in [0.29, 0.717) is 39.7 Å². The Kier molecular flexibility index (Phi) is 13.5. The van der Waals surface area contributed by atoms with Gasteiger partial charge in [0.25, 0.3) is 11.8 Å². The molecule has 1 aliphatic heterocycles. The van der Waals surface area contributed by atoms with Gasteiger partial charge in [0.15, 0.2) is 0 Å². The zero-order valence-corrected chi connectivity index (χ0v) is 36.4. The maximum atomic E-state index is 14.5. The Bertz CT molecular complexity index is 2650. The minimum Gasteiger partial charge on any atom is -0.462 e. The van der Waals surface area contributed by atoms with E-state index < -0.39 is 34.7 Å². The summed E-state index contributed by atoms with van der Waals surface area (Å²) in [5.41, 5.74) is 2.70. The second kappa shape index (κ2) is 19.3. The van der Waals surface area contributed by atoms with E-state index in [1.807, 2.05) is 106 Å². The number of ether oxygens (including phenoxy) is 2. The Morgan fingerprint density at radius 3 is 2.27 bits per heavy atom. The van der Waals surface area contributed by atoms with Crippen LogP contribution in [0.4, 0.5) is 15.5 Å². The average molecular weight is 867 g/mol. The number of thiophene rings is 1. The van der Waals surface area contributed by atoms with Crippen molar-refractivity contribution < 1.29 is 33.4 Å². The summed E-state index contributed by atoms with van der Waals surface area (Å²) in [6, 6.07) is 38.6. The minimum atomic E-state index is -0.790. The average Bonchev–Trinajstić information content (AvgIpc) is 3.62. The third-order valence-corrected chi connectivity index (χ3v) is 12.1. The number of amides is 4. The van der Waals surface area contributed by atoms with Crippen molar-refractivity contribution >= 4 is 80.4 Å². The normalized spacial score (nSPS) is 13.1. The van der Waals surface area contributed by atoms with Gasteiger partial charge in [-0.2, -0.15) is 0 Å². The Morgan fingerprint density at radius 2 is 1.53 bits per heavy atom. The molecule has 0 aliphatic carbocycles. The third-order valence-electron chi connectivity index (χ3n) is 9.76. The van der Waals surface area contributed by atoms with Crippen LogP contribution in [0.1, 0.15) is 75.2 Å². The van der Waals surface area contributed by atoms with E-state index in [0.717, 1.165) is 26.8 Å². The van der Waals surface area contributed by atoms with E-state index in [-0.39, 0.29) is 30.3 Å². The summed E-state index contributed by atoms with van der Waals surface area (Å²) in [7, 11) is 0. The predicted octanol–water partition coefficient (Wildman–Crippen LogP) is 10.3. The van der Waals surface area contributed by atoms with Gasteiger partial charge in [-0.25, -0.2) is 9.59 Å². The number of anilines is 2. The maximum Gasteiger partial charge on any atom is 0.410 e. The van der Waals surface area contributed by atoms with Crippen LogP contribution < -0.4 is 16.0 Å². The summed E-state index contributed by atoms with van der Waals surface area (Å²) in [5, 5.41) is 10.3. The van der Waals surface area contributed by atoms with Gasteiger partial charge in [-0.15, -0.1) is 23.1 Å². The highest BCUT2D eigenvalue weighted by atomic mass is 32.2. The summed E-state index contributed by atoms with van der Waals surface area (Å²) < 4.78 is 11.1. The first-order chi connectivity index (χ1) is 29.9. The highest BCUT2D eigenvalue weighted by molar-refractivity contribution is 8.00. The molecule has 2 heterocycles. The standard InChI is InChI=1S/C49H46N4O7S2/c1-5-59-47(57)41-38-26-27-53(48(58)60-49(2,3)4)30-40(38)62-46(41)52-45(56)42(32-17-8-6-9-18-32)61-36-24-15-23-35(29-36)50-44(55)39(51-43(54)33-19-10-7-11-20-33)28-34-22-14-21-31-16-12-13-25-37(31)34/h6-25,28-29,42H,5,26-27,30H2,1-4H3,(H,50,55)(H,51,54)(H,52,56)/b39-28+. The summed E-state index contributed by atoms with van der Waals surface area (Å²) >= 11 is 2.51. The van der Waals surface area contributed by atoms with Crippen LogP contribution in [-0.2, 0) is 32.0 Å². The molecule has 4 amide bonds. The highest BCUT2D eigenvalue weighted by Gasteiger charge is 2.34. The Labute approximate surface area is 368 Å². The molecule has 316 valence electrons. The minimum absolute atomic E-state index is 0.0417. The third kappa shape index (κ3) is 10.6. The molecule has 13 heteroatoms. The number of hydrogen-bond acceptors (Lipinski definition) is 9. The largest absolute Gasteiger partial charge is 0.462 e. The summed E-state index contributed by atoms with van der Waals surface area (Å²) in [6.45, 7) is 7.86. The van der Waals surface area contributed by atoms with Crippen molar-refractivity contribution in [2.45, 2.75) is 56.4 Å². The quantitative estimate of drug-likeness (QED) is 0.0627. The van der Waals surface area contributed by atoms with Gasteiger partial charge >= 0.3 is 12.1 Å². The van der Waals surface area contributed by atoms with Gasteiger partial charge < -0.3 is 30.3 Å². The smallest absolute Gasteiger partial charge is 0.410 e. The molecular formula is C49H46N4O7S2. The number of rotatable bonds is 12. The van der Waals surface area contributed by atoms with Gasteiger partial charge in [-0.1, -0.05) is 97.1 Å². The molecular weight excluding hydrogens is 821 g/mol. The second-order valence-corrected chi connectivity index (χ2v) is 17.7. The molecule has 1 unspecified atom stereocenters. The van der Waals surface area contributed by atoms with E-state index in [9.17, 15) is 24.0 Å². The fourth-order valence-corrected chi connectivity index (χ4v) is 9.27. The molecule has 1 aromatic heterocycles. The van der Waals surface area contributed by atoms with Gasteiger partial charge in [0, 0.05) is 27.6 Å². The summed E-state index contributed by atoms with van der Waals surface area (Å²) in [5.74, 6) is -1.91. The van der Waals surface area contributed by atoms with Crippen molar-refractivity contribution in [3.8, 4) is 0 Å². The Balaban J connectivity index is 1.15. The number of esters is 1. The number of carbonyl (C=O) groups excluding carboxylic acids is 5. The van der Waals surface area contributed by atoms with Crippen molar-refractivity contribution in [3.63, 3.8) is 0 Å². The van der Waals surface area contributed by atoms with Gasteiger partial charge in [-0.05, 0) is 98.0 Å². The number of carbonyl (C=O) groups is 5. The van der Waals surface area contributed by atoms with Crippen LogP contribution in [0, 0.1) is 0 Å². The lowest BCUT2D eigenvalue weighted by Crippen LogP contribution is -2.39. The maximum absolute atomic E-state index is 14.5. The van der Waals surface area contributed by atoms with Crippen LogP contribution in [0.5, 0.6) is 0 Å². The number of hydrogen-bond donors (Lipinski definition) is 3. The molecule has 5 aromatic carbocycles. The second-order valence-electron chi connectivity index (χ2n) is 15.4. The lowest BCUT2D eigenvalue weighted by atomic mass is 10.0. The molecule has 0 radical (unpaired) electrons. The van der Waals surface area contributed by atoms with Crippen LogP contribution in [0.15, 0.2) is 138 Å². The first-order valence-corrected chi connectivity index (χ1v) is 21.9. The van der Waals surface area contributed by atoms with Crippen LogP contribution >= 0.6 is 23.1 Å². The SMILES string of the molecule is CCOC(=O)c1c(NC(=O)C(Sc2cccc(NC(=O)/C(=C\c3cccc4ccccc34)NC(=O)c3ccccc3)c2)c2ccccc2)sc2c1CCN(C(=O)OC(C)(C)C)C2. The molecule has 3 N–H and O–H groups in total. The number of thioether (sulfide) groups is 1. The van der Waals surface area contributed by atoms with Crippen LogP contribution in [0.3, 0.4) is 0 Å². The molecule has 0 spiro atoms. The van der Waals surface area contributed by atoms with Crippen molar-refractivity contribution in [2.75, 3.05) is 23.8 Å². The van der Waals surface area contributed by atoms with Crippen molar-refractivity contribution in [2.24, 2.45) is 0 Å². The first-order valence-electron chi connectivity index (χ1n) is 20.2. The van der Waals surface area contributed by atoms with Gasteiger partial charge in [0.2, 0.25) is 5.91 Å². The molecule has 0 fully saturated rings. The topological polar surface area (TPSA) is 143 Å². The van der Waals surface area contributed by atoms with Crippen LogP contribution in [0.25, 0.3) is 16.8 Å². The Morgan fingerprint density at radius 1 is 0.839 bits per heavy atom. The van der Waals surface area contributed by atoms with E-state index in [1.54, 1.807) is 60.4 Å². The van der Waals surface area contributed by atoms with Crippen molar-refractivity contribution in [1.29, 1.82) is 0 Å². The van der Waals surface area contributed by atoms with E-state index >= 15 is 0 Å². The Hall–Kier alpha value is -6.70. The fourth-order valence-electron chi connectivity index (χ4n) is 6.93. The molecule has 0 bridgehead atoms. The number of nitrogens with one attached hydrogen (secondary N) is 3. The van der Waals surface area contributed by atoms with Crippen LogP contribution in [0.2, 0.25) is 0 Å². The molecule has 6 aromatic rings. The van der Waals surface area contributed by atoms with E-state index in [1.165, 1.54) is 23.1 Å². The van der Waals surface area contributed by atoms with Crippen molar-refractivity contribution in [1.82, 2.24) is 10.2 Å². The number of benzene rings is 5. The first kappa shape index (κ1) is 43.4. The molecule has 1 atom stereocenters.